The van der Waals surface area contributed by atoms with E-state index in [0.717, 1.165) is 41.8 Å². The molecule has 1 aliphatic rings. The van der Waals surface area contributed by atoms with Crippen molar-refractivity contribution in [1.82, 2.24) is 9.55 Å². The van der Waals surface area contributed by atoms with E-state index in [1.165, 1.54) is 6.07 Å². The fourth-order valence-electron chi connectivity index (χ4n) is 2.92. The summed E-state index contributed by atoms with van der Waals surface area (Å²) in [6.45, 7) is 0.958. The average Bonchev–Trinajstić information content (AvgIpc) is 2.99. The summed E-state index contributed by atoms with van der Waals surface area (Å²) in [4.78, 5) is 4.50. The summed E-state index contributed by atoms with van der Waals surface area (Å²) in [5.74, 6) is 0.776. The second-order valence-corrected chi connectivity index (χ2v) is 5.49. The summed E-state index contributed by atoms with van der Waals surface area (Å²) in [7, 11) is 0. The maximum Gasteiger partial charge on any atom is 0.133 e. The molecule has 0 N–H and O–H groups in total. The maximum atomic E-state index is 14.3. The molecule has 0 fully saturated rings. The number of rotatable bonds is 1. The maximum absolute atomic E-state index is 14.3. The zero-order valence-electron chi connectivity index (χ0n) is 10.7. The van der Waals surface area contributed by atoms with E-state index < -0.39 is 0 Å². The van der Waals surface area contributed by atoms with Crippen molar-refractivity contribution in [2.75, 3.05) is 0 Å². The van der Waals surface area contributed by atoms with Crippen LogP contribution in [0.4, 0.5) is 4.39 Å². The lowest BCUT2D eigenvalue weighted by molar-refractivity contribution is 0.632. The molecular weight excluding hydrogens is 275 g/mol. The highest BCUT2D eigenvalue weighted by atomic mass is 35.5. The predicted octanol–water partition coefficient (Wildman–Crippen LogP) is 4.44. The van der Waals surface area contributed by atoms with Gasteiger partial charge in [0.1, 0.15) is 11.6 Å². The van der Waals surface area contributed by atoms with E-state index in [1.54, 1.807) is 6.07 Å². The molecule has 0 saturated heterocycles. The smallest absolute Gasteiger partial charge is 0.133 e. The van der Waals surface area contributed by atoms with Crippen LogP contribution in [0.25, 0.3) is 22.2 Å². The third-order valence-corrected chi connectivity index (χ3v) is 4.19. The second kappa shape index (κ2) is 4.32. The number of aryl methyl sites for hydroxylation is 2. The predicted molar refractivity (Wildman–Crippen MR) is 78.5 cm³/mol. The fourth-order valence-corrected chi connectivity index (χ4v) is 3.15. The number of aromatic nitrogens is 2. The van der Waals surface area contributed by atoms with Crippen molar-refractivity contribution in [3.05, 3.63) is 53.1 Å². The molecule has 0 aliphatic carbocycles. The van der Waals surface area contributed by atoms with E-state index in [2.05, 4.69) is 9.55 Å². The van der Waals surface area contributed by atoms with Crippen molar-refractivity contribution in [1.29, 1.82) is 0 Å². The lowest BCUT2D eigenvalue weighted by Gasteiger charge is -2.07. The highest BCUT2D eigenvalue weighted by molar-refractivity contribution is 6.33. The lowest BCUT2D eigenvalue weighted by Crippen LogP contribution is -1.93. The quantitative estimate of drug-likeness (QED) is 0.646. The Balaban J connectivity index is 2.00. The summed E-state index contributed by atoms with van der Waals surface area (Å²) < 4.78 is 16.5. The van der Waals surface area contributed by atoms with Gasteiger partial charge in [-0.25, -0.2) is 9.37 Å². The van der Waals surface area contributed by atoms with Crippen LogP contribution >= 0.6 is 11.6 Å². The van der Waals surface area contributed by atoms with Gasteiger partial charge in [0.15, 0.2) is 0 Å². The van der Waals surface area contributed by atoms with Crippen molar-refractivity contribution in [2.24, 2.45) is 0 Å². The molecule has 4 heteroatoms. The summed E-state index contributed by atoms with van der Waals surface area (Å²) in [5, 5.41) is 0.562. The van der Waals surface area contributed by atoms with Crippen LogP contribution in [0.2, 0.25) is 5.02 Å². The zero-order valence-corrected chi connectivity index (χ0v) is 11.5. The van der Waals surface area contributed by atoms with Crippen molar-refractivity contribution in [2.45, 2.75) is 19.4 Å². The van der Waals surface area contributed by atoms with Crippen molar-refractivity contribution in [3.8, 4) is 11.1 Å². The molecule has 0 amide bonds. The van der Waals surface area contributed by atoms with Crippen LogP contribution in [0.3, 0.4) is 0 Å². The van der Waals surface area contributed by atoms with Gasteiger partial charge in [-0.3, -0.25) is 0 Å². The highest BCUT2D eigenvalue weighted by Crippen LogP contribution is 2.33. The molecule has 0 spiro atoms. The van der Waals surface area contributed by atoms with Gasteiger partial charge in [0.05, 0.1) is 11.0 Å². The summed E-state index contributed by atoms with van der Waals surface area (Å²) in [6, 6.07) is 10.7. The van der Waals surface area contributed by atoms with E-state index in [1.807, 2.05) is 24.3 Å². The monoisotopic (exact) mass is 286 g/mol. The molecule has 0 bridgehead atoms. The van der Waals surface area contributed by atoms with Gasteiger partial charge in [0, 0.05) is 35.2 Å². The van der Waals surface area contributed by atoms with E-state index in [0.29, 0.717) is 10.6 Å². The van der Waals surface area contributed by atoms with Crippen molar-refractivity contribution in [3.63, 3.8) is 0 Å². The first-order chi connectivity index (χ1) is 9.74. The van der Waals surface area contributed by atoms with Crippen LogP contribution in [-0.2, 0) is 13.0 Å². The third kappa shape index (κ3) is 1.66. The molecule has 0 unspecified atom stereocenters. The normalized spacial score (nSPS) is 13.9. The summed E-state index contributed by atoms with van der Waals surface area (Å²) in [5.41, 5.74) is 2.99. The third-order valence-electron chi connectivity index (χ3n) is 3.86. The number of hydrogen-bond acceptors (Lipinski definition) is 1. The zero-order chi connectivity index (χ0) is 13.7. The number of hydrogen-bond donors (Lipinski definition) is 0. The molecule has 0 radical (unpaired) electrons. The van der Waals surface area contributed by atoms with Crippen LogP contribution in [0.5, 0.6) is 0 Å². The topological polar surface area (TPSA) is 17.8 Å². The average molecular weight is 287 g/mol. The summed E-state index contributed by atoms with van der Waals surface area (Å²) >= 11 is 6.18. The molecule has 2 heterocycles. The summed E-state index contributed by atoms with van der Waals surface area (Å²) in [6.07, 6.45) is 2.08. The Bertz CT molecular complexity index is 823. The van der Waals surface area contributed by atoms with Gasteiger partial charge in [-0.15, -0.1) is 0 Å². The number of halogens is 2. The number of imidazole rings is 1. The number of benzene rings is 2. The second-order valence-electron chi connectivity index (χ2n) is 5.08. The minimum Gasteiger partial charge on any atom is -0.328 e. The van der Waals surface area contributed by atoms with Crippen LogP contribution in [0.1, 0.15) is 12.2 Å². The van der Waals surface area contributed by atoms with Crippen LogP contribution in [0.15, 0.2) is 36.4 Å². The van der Waals surface area contributed by atoms with E-state index in [9.17, 15) is 4.39 Å². The first-order valence-electron chi connectivity index (χ1n) is 6.67. The molecular formula is C16H12ClFN2. The number of nitrogens with zero attached hydrogens (tertiary/aromatic N) is 2. The van der Waals surface area contributed by atoms with Crippen molar-refractivity contribution < 1.29 is 4.39 Å². The van der Waals surface area contributed by atoms with E-state index in [4.69, 9.17) is 11.6 Å². The Morgan fingerprint density at radius 2 is 2.00 bits per heavy atom. The molecule has 20 heavy (non-hydrogen) atoms. The van der Waals surface area contributed by atoms with Gasteiger partial charge in [0.2, 0.25) is 0 Å². The van der Waals surface area contributed by atoms with Gasteiger partial charge in [0.25, 0.3) is 0 Å². The Morgan fingerprint density at radius 3 is 2.85 bits per heavy atom. The Hall–Kier alpha value is -1.87. The molecule has 2 nitrogen and oxygen atoms in total. The van der Waals surface area contributed by atoms with E-state index in [-0.39, 0.29) is 5.82 Å². The van der Waals surface area contributed by atoms with Gasteiger partial charge >= 0.3 is 0 Å². The van der Waals surface area contributed by atoms with Gasteiger partial charge < -0.3 is 4.57 Å². The fraction of sp³-hybridized carbons (Fsp3) is 0.188. The molecule has 0 saturated carbocycles. The van der Waals surface area contributed by atoms with Gasteiger partial charge in [-0.1, -0.05) is 29.8 Å². The lowest BCUT2D eigenvalue weighted by atomic mass is 10.0. The largest absolute Gasteiger partial charge is 0.328 e. The van der Waals surface area contributed by atoms with Crippen LogP contribution < -0.4 is 0 Å². The molecule has 100 valence electrons. The molecule has 2 aromatic carbocycles. The Morgan fingerprint density at radius 1 is 1.15 bits per heavy atom. The molecule has 0 atom stereocenters. The SMILES string of the molecule is Fc1cc2nc3n(c2cc1-c1ccccc1Cl)CCC3. The Labute approximate surface area is 120 Å². The Kier molecular flexibility index (Phi) is 2.57. The van der Waals surface area contributed by atoms with Crippen LogP contribution in [0, 0.1) is 5.82 Å². The minimum atomic E-state index is -0.276. The van der Waals surface area contributed by atoms with Gasteiger partial charge in [-0.05, 0) is 18.6 Å². The molecule has 1 aliphatic heterocycles. The van der Waals surface area contributed by atoms with Gasteiger partial charge in [-0.2, -0.15) is 0 Å². The van der Waals surface area contributed by atoms with E-state index >= 15 is 0 Å². The molecule has 4 rings (SSSR count). The molecule has 3 aromatic rings. The van der Waals surface area contributed by atoms with Crippen molar-refractivity contribution >= 4 is 22.6 Å². The minimum absolute atomic E-state index is 0.276. The number of fused-ring (bicyclic) bond motifs is 3. The van der Waals surface area contributed by atoms with Crippen LogP contribution in [-0.4, -0.2) is 9.55 Å². The molecule has 1 aromatic heterocycles. The first-order valence-corrected chi connectivity index (χ1v) is 7.05. The first kappa shape index (κ1) is 11.9. The highest BCUT2D eigenvalue weighted by Gasteiger charge is 2.19. The standard InChI is InChI=1S/C16H12ClFN2/c17-12-5-2-1-4-10(12)11-8-15-14(9-13(11)18)19-16-6-3-7-20(15)16/h1-2,4-5,8-9H,3,6-7H2.